The summed E-state index contributed by atoms with van der Waals surface area (Å²) >= 11 is 1.89. The normalized spacial score (nSPS) is 22.0. The van der Waals surface area contributed by atoms with Crippen molar-refractivity contribution < 1.29 is 0 Å². The van der Waals surface area contributed by atoms with Gasteiger partial charge in [0.25, 0.3) is 0 Å². The number of likely N-dealkylation sites (tertiary alicyclic amines) is 1. The van der Waals surface area contributed by atoms with Crippen molar-refractivity contribution in [2.75, 3.05) is 13.1 Å². The lowest BCUT2D eigenvalue weighted by molar-refractivity contribution is 0.331. The minimum absolute atomic E-state index is 0.758. The summed E-state index contributed by atoms with van der Waals surface area (Å²) in [4.78, 5) is 8.48. The monoisotopic (exact) mass is 265 g/mol. The third-order valence-corrected chi connectivity index (χ3v) is 5.06. The summed E-state index contributed by atoms with van der Waals surface area (Å²) in [7, 11) is 0. The second-order valence-corrected chi connectivity index (χ2v) is 6.77. The van der Waals surface area contributed by atoms with Crippen LogP contribution in [-0.4, -0.2) is 29.0 Å². The minimum Gasteiger partial charge on any atom is -0.309 e. The molecule has 0 radical (unpaired) electrons. The fourth-order valence-corrected chi connectivity index (χ4v) is 3.93. The van der Waals surface area contributed by atoms with Crippen molar-refractivity contribution in [2.45, 2.75) is 57.7 Å². The molecule has 2 fully saturated rings. The predicted octanol–water partition coefficient (Wildman–Crippen LogP) is 2.77. The molecule has 1 saturated carbocycles. The maximum Gasteiger partial charge on any atom is 0.107 e. The van der Waals surface area contributed by atoms with Gasteiger partial charge in [0.05, 0.1) is 6.54 Å². The molecule has 0 amide bonds. The van der Waals surface area contributed by atoms with Crippen molar-refractivity contribution in [3.63, 3.8) is 0 Å². The van der Waals surface area contributed by atoms with Gasteiger partial charge in [0.15, 0.2) is 0 Å². The molecule has 1 aliphatic carbocycles. The third-order valence-electron chi connectivity index (χ3n) is 4.08. The average molecular weight is 265 g/mol. The van der Waals surface area contributed by atoms with Crippen LogP contribution in [0.5, 0.6) is 0 Å². The fourth-order valence-electron chi connectivity index (χ4n) is 3.01. The Labute approximate surface area is 114 Å². The van der Waals surface area contributed by atoms with Crippen molar-refractivity contribution in [3.8, 4) is 0 Å². The van der Waals surface area contributed by atoms with Crippen molar-refractivity contribution in [1.29, 1.82) is 0 Å². The van der Waals surface area contributed by atoms with Gasteiger partial charge in [0.2, 0.25) is 0 Å². The molecule has 18 heavy (non-hydrogen) atoms. The van der Waals surface area contributed by atoms with E-state index < -0.39 is 0 Å². The highest BCUT2D eigenvalue weighted by molar-refractivity contribution is 7.11. The van der Waals surface area contributed by atoms with E-state index in [0.717, 1.165) is 19.1 Å². The SMILES string of the molecule is c1nc(CN2CCCC2)sc1CNC1CCCC1. The number of hydrogen-bond acceptors (Lipinski definition) is 4. The standard InChI is InChI=1S/C14H23N3S/c1-2-6-12(5-1)15-9-13-10-16-14(18-13)11-17-7-3-4-8-17/h10,12,15H,1-9,11H2. The Morgan fingerprint density at radius 3 is 2.78 bits per heavy atom. The van der Waals surface area contributed by atoms with Gasteiger partial charge in [-0.15, -0.1) is 11.3 Å². The van der Waals surface area contributed by atoms with Gasteiger partial charge >= 0.3 is 0 Å². The number of nitrogens with one attached hydrogen (secondary N) is 1. The van der Waals surface area contributed by atoms with E-state index in [-0.39, 0.29) is 0 Å². The van der Waals surface area contributed by atoms with Gasteiger partial charge < -0.3 is 5.32 Å². The van der Waals surface area contributed by atoms with E-state index in [2.05, 4.69) is 21.4 Å². The highest BCUT2D eigenvalue weighted by atomic mass is 32.1. The molecular weight excluding hydrogens is 242 g/mol. The Hall–Kier alpha value is -0.450. The minimum atomic E-state index is 0.758. The fraction of sp³-hybridized carbons (Fsp3) is 0.786. The van der Waals surface area contributed by atoms with Gasteiger partial charge in [0.1, 0.15) is 5.01 Å². The lowest BCUT2D eigenvalue weighted by Gasteiger charge is -2.11. The summed E-state index contributed by atoms with van der Waals surface area (Å²) < 4.78 is 0. The van der Waals surface area contributed by atoms with Gasteiger partial charge in [-0.05, 0) is 38.8 Å². The molecule has 4 heteroatoms. The first kappa shape index (κ1) is 12.6. The third kappa shape index (κ3) is 3.31. The van der Waals surface area contributed by atoms with Crippen LogP contribution in [0, 0.1) is 0 Å². The van der Waals surface area contributed by atoms with Crippen LogP contribution in [0.15, 0.2) is 6.20 Å². The summed E-state index contributed by atoms with van der Waals surface area (Å²) in [5.41, 5.74) is 0. The van der Waals surface area contributed by atoms with E-state index in [1.54, 1.807) is 0 Å². The number of hydrogen-bond donors (Lipinski definition) is 1. The molecule has 2 heterocycles. The van der Waals surface area contributed by atoms with E-state index in [9.17, 15) is 0 Å². The van der Waals surface area contributed by atoms with Crippen LogP contribution in [-0.2, 0) is 13.1 Å². The lowest BCUT2D eigenvalue weighted by Crippen LogP contribution is -2.24. The van der Waals surface area contributed by atoms with Crippen LogP contribution in [0.2, 0.25) is 0 Å². The maximum atomic E-state index is 4.56. The first-order valence-electron chi connectivity index (χ1n) is 7.29. The van der Waals surface area contributed by atoms with Gasteiger partial charge in [0, 0.05) is 23.7 Å². The Bertz CT molecular complexity index is 365. The Morgan fingerprint density at radius 1 is 1.22 bits per heavy atom. The zero-order chi connectivity index (χ0) is 12.2. The number of rotatable bonds is 5. The van der Waals surface area contributed by atoms with Crippen LogP contribution < -0.4 is 5.32 Å². The summed E-state index contributed by atoms with van der Waals surface area (Å²) in [6.45, 7) is 4.60. The molecule has 1 N–H and O–H groups in total. The van der Waals surface area contributed by atoms with Crippen LogP contribution in [0.4, 0.5) is 0 Å². The van der Waals surface area contributed by atoms with Crippen molar-refractivity contribution in [1.82, 2.24) is 15.2 Å². The molecule has 0 aromatic carbocycles. The zero-order valence-electron chi connectivity index (χ0n) is 11.0. The van der Waals surface area contributed by atoms with E-state index in [1.165, 1.54) is 61.5 Å². The lowest BCUT2D eigenvalue weighted by atomic mass is 10.2. The number of nitrogens with zero attached hydrogens (tertiary/aromatic N) is 2. The first-order chi connectivity index (χ1) is 8.90. The highest BCUT2D eigenvalue weighted by Gasteiger charge is 2.16. The molecular formula is C14H23N3S. The van der Waals surface area contributed by atoms with Crippen molar-refractivity contribution >= 4 is 11.3 Å². The molecule has 0 unspecified atom stereocenters. The smallest absolute Gasteiger partial charge is 0.107 e. The van der Waals surface area contributed by atoms with Crippen LogP contribution in [0.1, 0.15) is 48.4 Å². The van der Waals surface area contributed by atoms with E-state index in [1.807, 2.05) is 11.3 Å². The molecule has 0 spiro atoms. The quantitative estimate of drug-likeness (QED) is 0.887. The van der Waals surface area contributed by atoms with Crippen LogP contribution in [0.25, 0.3) is 0 Å². The Kier molecular flexibility index (Phi) is 4.28. The molecule has 1 saturated heterocycles. The molecule has 0 atom stereocenters. The largest absolute Gasteiger partial charge is 0.309 e. The Morgan fingerprint density at radius 2 is 2.00 bits per heavy atom. The molecule has 2 aliphatic rings. The van der Waals surface area contributed by atoms with Gasteiger partial charge in [-0.1, -0.05) is 12.8 Å². The highest BCUT2D eigenvalue weighted by Crippen LogP contribution is 2.20. The topological polar surface area (TPSA) is 28.2 Å². The van der Waals surface area contributed by atoms with E-state index >= 15 is 0 Å². The van der Waals surface area contributed by atoms with Gasteiger partial charge in [-0.2, -0.15) is 0 Å². The molecule has 1 aromatic rings. The second-order valence-electron chi connectivity index (χ2n) is 5.57. The van der Waals surface area contributed by atoms with E-state index in [4.69, 9.17) is 0 Å². The molecule has 3 rings (SSSR count). The maximum absolute atomic E-state index is 4.56. The van der Waals surface area contributed by atoms with Gasteiger partial charge in [-0.3, -0.25) is 4.90 Å². The predicted molar refractivity (Wildman–Crippen MR) is 75.7 cm³/mol. The summed E-state index contributed by atoms with van der Waals surface area (Å²) in [5.74, 6) is 0. The Balaban J connectivity index is 1.46. The summed E-state index contributed by atoms with van der Waals surface area (Å²) in [5, 5.41) is 4.95. The zero-order valence-corrected chi connectivity index (χ0v) is 11.8. The second kappa shape index (κ2) is 6.13. The molecule has 0 bridgehead atoms. The van der Waals surface area contributed by atoms with E-state index in [0.29, 0.717) is 0 Å². The van der Waals surface area contributed by atoms with Crippen molar-refractivity contribution in [2.24, 2.45) is 0 Å². The van der Waals surface area contributed by atoms with Crippen molar-refractivity contribution in [3.05, 3.63) is 16.1 Å². The van der Waals surface area contributed by atoms with Crippen LogP contribution in [0.3, 0.4) is 0 Å². The van der Waals surface area contributed by atoms with Crippen LogP contribution >= 0.6 is 11.3 Å². The average Bonchev–Trinajstić information content (AvgIpc) is 3.09. The molecule has 3 nitrogen and oxygen atoms in total. The molecule has 1 aliphatic heterocycles. The molecule has 1 aromatic heterocycles. The summed E-state index contributed by atoms with van der Waals surface area (Å²) in [6.07, 6.45) is 10.3. The van der Waals surface area contributed by atoms with Gasteiger partial charge in [-0.25, -0.2) is 4.98 Å². The molecule has 100 valence electrons. The first-order valence-corrected chi connectivity index (χ1v) is 8.11. The summed E-state index contributed by atoms with van der Waals surface area (Å²) in [6, 6.07) is 0.758. The number of aromatic nitrogens is 1. The number of thiazole rings is 1.